The SMILES string of the molecule is CC1CNCN2N[C@H](C)NC12. The van der Waals surface area contributed by atoms with Crippen molar-refractivity contribution in [1.29, 1.82) is 0 Å². The molecule has 2 heterocycles. The van der Waals surface area contributed by atoms with Crippen LogP contribution in [0.15, 0.2) is 0 Å². The van der Waals surface area contributed by atoms with Crippen LogP contribution in [0.4, 0.5) is 0 Å². The number of hydrogen-bond donors (Lipinski definition) is 3. The quantitative estimate of drug-likeness (QED) is 0.432. The van der Waals surface area contributed by atoms with Crippen LogP contribution in [-0.4, -0.2) is 30.6 Å². The monoisotopic (exact) mass is 156 g/mol. The second-order valence-corrected chi connectivity index (χ2v) is 3.52. The molecule has 2 unspecified atom stereocenters. The summed E-state index contributed by atoms with van der Waals surface area (Å²) >= 11 is 0. The zero-order valence-corrected chi connectivity index (χ0v) is 7.09. The first-order valence-corrected chi connectivity index (χ1v) is 4.27. The summed E-state index contributed by atoms with van der Waals surface area (Å²) in [7, 11) is 0. The van der Waals surface area contributed by atoms with Crippen molar-refractivity contribution in [2.45, 2.75) is 26.2 Å². The average molecular weight is 156 g/mol. The first kappa shape index (κ1) is 7.49. The van der Waals surface area contributed by atoms with Gasteiger partial charge in [-0.2, -0.15) is 0 Å². The molecule has 0 aromatic carbocycles. The molecular formula is C7H16N4. The van der Waals surface area contributed by atoms with E-state index in [-0.39, 0.29) is 0 Å². The molecule has 0 aromatic rings. The molecule has 4 nitrogen and oxygen atoms in total. The summed E-state index contributed by atoms with van der Waals surface area (Å²) in [5, 5.41) is 9.07. The van der Waals surface area contributed by atoms with E-state index >= 15 is 0 Å². The second kappa shape index (κ2) is 2.71. The van der Waals surface area contributed by atoms with Gasteiger partial charge >= 0.3 is 0 Å². The third-order valence-electron chi connectivity index (χ3n) is 2.40. The minimum atomic E-state index is 0.419. The van der Waals surface area contributed by atoms with Crippen molar-refractivity contribution in [2.75, 3.05) is 13.2 Å². The van der Waals surface area contributed by atoms with E-state index in [1.807, 2.05) is 0 Å². The largest absolute Gasteiger partial charge is 0.303 e. The summed E-state index contributed by atoms with van der Waals surface area (Å²) in [6, 6.07) is 0. The van der Waals surface area contributed by atoms with E-state index < -0.39 is 0 Å². The van der Waals surface area contributed by atoms with Gasteiger partial charge in [-0.05, 0) is 12.8 Å². The first-order valence-electron chi connectivity index (χ1n) is 4.27. The molecule has 2 aliphatic rings. The molecule has 2 saturated heterocycles. The summed E-state index contributed by atoms with van der Waals surface area (Å²) in [5.74, 6) is 0.682. The molecule has 0 spiro atoms. The van der Waals surface area contributed by atoms with E-state index in [0.29, 0.717) is 18.2 Å². The van der Waals surface area contributed by atoms with Gasteiger partial charge in [0.1, 0.15) is 0 Å². The predicted molar refractivity (Wildman–Crippen MR) is 43.4 cm³/mol. The minimum absolute atomic E-state index is 0.419. The van der Waals surface area contributed by atoms with Gasteiger partial charge in [-0.3, -0.25) is 5.32 Å². The van der Waals surface area contributed by atoms with Crippen molar-refractivity contribution < 1.29 is 0 Å². The Labute approximate surface area is 67.3 Å². The highest BCUT2D eigenvalue weighted by atomic mass is 15.7. The molecular weight excluding hydrogens is 140 g/mol. The highest BCUT2D eigenvalue weighted by Gasteiger charge is 2.34. The van der Waals surface area contributed by atoms with Crippen LogP contribution in [0.3, 0.4) is 0 Å². The third-order valence-corrected chi connectivity index (χ3v) is 2.40. The Hall–Kier alpha value is -0.160. The van der Waals surface area contributed by atoms with Gasteiger partial charge in [-0.1, -0.05) is 6.92 Å². The van der Waals surface area contributed by atoms with Gasteiger partial charge in [0.15, 0.2) is 0 Å². The molecule has 0 saturated carbocycles. The van der Waals surface area contributed by atoms with Crippen LogP contribution in [-0.2, 0) is 0 Å². The normalized spacial score (nSPS) is 45.8. The number of rotatable bonds is 0. The first-order chi connectivity index (χ1) is 5.27. The fraction of sp³-hybridized carbons (Fsp3) is 1.00. The molecule has 2 rings (SSSR count). The van der Waals surface area contributed by atoms with E-state index in [2.05, 4.69) is 34.9 Å². The number of hydrogen-bond acceptors (Lipinski definition) is 4. The van der Waals surface area contributed by atoms with Gasteiger partial charge in [0.2, 0.25) is 0 Å². The predicted octanol–water partition coefficient (Wildman–Crippen LogP) is -0.735. The summed E-state index contributed by atoms with van der Waals surface area (Å²) in [6.45, 7) is 6.47. The van der Waals surface area contributed by atoms with Gasteiger partial charge in [0.05, 0.1) is 19.0 Å². The average Bonchev–Trinajstić information content (AvgIpc) is 2.31. The molecule has 0 aromatic heterocycles. The van der Waals surface area contributed by atoms with Crippen LogP contribution in [0.25, 0.3) is 0 Å². The lowest BCUT2D eigenvalue weighted by Crippen LogP contribution is -2.55. The van der Waals surface area contributed by atoms with Crippen molar-refractivity contribution in [1.82, 2.24) is 21.1 Å². The van der Waals surface area contributed by atoms with Crippen LogP contribution in [0.5, 0.6) is 0 Å². The Morgan fingerprint density at radius 3 is 2.91 bits per heavy atom. The number of fused-ring (bicyclic) bond motifs is 1. The molecule has 0 aliphatic carbocycles. The molecule has 0 radical (unpaired) electrons. The highest BCUT2D eigenvalue weighted by molar-refractivity contribution is 4.85. The van der Waals surface area contributed by atoms with Gasteiger partial charge in [-0.15, -0.1) is 0 Å². The van der Waals surface area contributed by atoms with Gasteiger partial charge < -0.3 is 5.32 Å². The fourth-order valence-electron chi connectivity index (χ4n) is 1.85. The van der Waals surface area contributed by atoms with Crippen molar-refractivity contribution in [3.63, 3.8) is 0 Å². The van der Waals surface area contributed by atoms with Crippen LogP contribution < -0.4 is 16.1 Å². The van der Waals surface area contributed by atoms with Crippen molar-refractivity contribution in [3.05, 3.63) is 0 Å². The second-order valence-electron chi connectivity index (χ2n) is 3.52. The number of nitrogens with one attached hydrogen (secondary N) is 3. The Morgan fingerprint density at radius 1 is 1.36 bits per heavy atom. The van der Waals surface area contributed by atoms with Crippen LogP contribution >= 0.6 is 0 Å². The van der Waals surface area contributed by atoms with Crippen molar-refractivity contribution >= 4 is 0 Å². The fourth-order valence-corrected chi connectivity index (χ4v) is 1.85. The van der Waals surface area contributed by atoms with Crippen molar-refractivity contribution in [3.8, 4) is 0 Å². The molecule has 64 valence electrons. The van der Waals surface area contributed by atoms with Crippen molar-refractivity contribution in [2.24, 2.45) is 5.92 Å². The molecule has 3 N–H and O–H groups in total. The summed E-state index contributed by atoms with van der Waals surface area (Å²) in [5.41, 5.74) is 3.35. The van der Waals surface area contributed by atoms with E-state index in [4.69, 9.17) is 0 Å². The lowest BCUT2D eigenvalue weighted by atomic mass is 10.1. The third kappa shape index (κ3) is 1.27. The topological polar surface area (TPSA) is 39.3 Å². The maximum Gasteiger partial charge on any atom is 0.0798 e. The van der Waals surface area contributed by atoms with E-state index in [9.17, 15) is 0 Å². The standard InChI is InChI=1S/C7H16N4/c1-5-3-8-4-11-7(5)9-6(2)10-11/h5-10H,3-4H2,1-2H3/t5?,6-,7?/m1/s1. The van der Waals surface area contributed by atoms with Crippen LogP contribution in [0.1, 0.15) is 13.8 Å². The molecule has 2 aliphatic heterocycles. The Bertz CT molecular complexity index is 149. The van der Waals surface area contributed by atoms with Crippen LogP contribution in [0, 0.1) is 5.92 Å². The summed E-state index contributed by atoms with van der Waals surface area (Å²) in [6.07, 6.45) is 0.939. The molecule has 11 heavy (non-hydrogen) atoms. The zero-order valence-electron chi connectivity index (χ0n) is 7.09. The molecule has 0 bridgehead atoms. The lowest BCUT2D eigenvalue weighted by molar-refractivity contribution is 0.0845. The van der Waals surface area contributed by atoms with E-state index in [1.54, 1.807) is 0 Å². The van der Waals surface area contributed by atoms with Gasteiger partial charge in [0.25, 0.3) is 0 Å². The molecule has 0 amide bonds. The minimum Gasteiger partial charge on any atom is -0.303 e. The Kier molecular flexibility index (Phi) is 1.85. The molecule has 2 fully saturated rings. The van der Waals surface area contributed by atoms with Gasteiger partial charge in [-0.25, -0.2) is 10.4 Å². The summed E-state index contributed by atoms with van der Waals surface area (Å²) < 4.78 is 0. The summed E-state index contributed by atoms with van der Waals surface area (Å²) in [4.78, 5) is 0. The Balaban J connectivity index is 2.03. The van der Waals surface area contributed by atoms with Crippen LogP contribution in [0.2, 0.25) is 0 Å². The maximum atomic E-state index is 3.48. The maximum absolute atomic E-state index is 3.48. The van der Waals surface area contributed by atoms with Gasteiger partial charge in [0, 0.05) is 6.54 Å². The number of nitrogens with zero attached hydrogens (tertiary/aromatic N) is 1. The lowest BCUT2D eigenvalue weighted by Gasteiger charge is -2.33. The smallest absolute Gasteiger partial charge is 0.0798 e. The number of hydrazine groups is 1. The highest BCUT2D eigenvalue weighted by Crippen LogP contribution is 2.14. The molecule has 3 atom stereocenters. The van der Waals surface area contributed by atoms with E-state index in [1.165, 1.54) is 0 Å². The van der Waals surface area contributed by atoms with E-state index in [0.717, 1.165) is 13.2 Å². The zero-order chi connectivity index (χ0) is 7.84. The molecule has 4 heteroatoms. The Morgan fingerprint density at radius 2 is 2.18 bits per heavy atom.